The molecule has 1 fully saturated rings. The van der Waals surface area contributed by atoms with Crippen LogP contribution in [0, 0.1) is 6.92 Å². The number of oxime groups is 1. The van der Waals surface area contributed by atoms with Gasteiger partial charge in [-0.1, -0.05) is 36.3 Å². The summed E-state index contributed by atoms with van der Waals surface area (Å²) < 4.78 is 28.8. The molecule has 0 aliphatic carbocycles. The summed E-state index contributed by atoms with van der Waals surface area (Å²) in [7, 11) is -3.25. The van der Waals surface area contributed by atoms with Crippen molar-refractivity contribution in [3.8, 4) is 5.88 Å². The summed E-state index contributed by atoms with van der Waals surface area (Å²) in [6.07, 6.45) is 4.43. The number of sulfone groups is 1. The van der Waals surface area contributed by atoms with Crippen molar-refractivity contribution < 1.29 is 17.8 Å². The van der Waals surface area contributed by atoms with Crippen molar-refractivity contribution in [3.05, 3.63) is 53.4 Å². The standard InChI is InChI=1S/C24H30N6O4S/c1-15(2)21-27-24(34-29-21)19-10-12-30(13-11-19)22-16(3)23(26-14-25-22)33-28-17(4)18-6-8-20(9-7-18)35(5,31)32/h6-9,14-15,19H,10-13H2,1-5H3. The summed E-state index contributed by atoms with van der Waals surface area (Å²) in [5.41, 5.74) is 2.16. The zero-order chi connectivity index (χ0) is 25.2. The Morgan fingerprint density at radius 2 is 1.86 bits per heavy atom. The lowest BCUT2D eigenvalue weighted by atomic mass is 9.96. The number of nitrogens with zero attached hydrogens (tertiary/aromatic N) is 6. The molecule has 0 saturated carbocycles. The Labute approximate surface area is 205 Å². The van der Waals surface area contributed by atoms with E-state index >= 15 is 0 Å². The van der Waals surface area contributed by atoms with Crippen LogP contribution < -0.4 is 9.74 Å². The number of hydrogen-bond acceptors (Lipinski definition) is 10. The molecule has 0 radical (unpaired) electrons. The molecule has 1 aliphatic heterocycles. The van der Waals surface area contributed by atoms with Crippen LogP contribution in [0.2, 0.25) is 0 Å². The summed E-state index contributed by atoms with van der Waals surface area (Å²) in [5, 5.41) is 8.29. The van der Waals surface area contributed by atoms with Gasteiger partial charge >= 0.3 is 0 Å². The van der Waals surface area contributed by atoms with Gasteiger partial charge in [0.25, 0.3) is 5.88 Å². The second-order valence-corrected chi connectivity index (χ2v) is 11.1. The van der Waals surface area contributed by atoms with Crippen molar-refractivity contribution in [2.24, 2.45) is 5.16 Å². The van der Waals surface area contributed by atoms with Crippen LogP contribution in [-0.4, -0.2) is 53.6 Å². The smallest absolute Gasteiger partial charge is 0.256 e. The molecule has 0 unspecified atom stereocenters. The maximum atomic E-state index is 11.7. The lowest BCUT2D eigenvalue weighted by Gasteiger charge is -2.32. The third-order valence-corrected chi connectivity index (χ3v) is 7.23. The second-order valence-electron chi connectivity index (χ2n) is 9.10. The van der Waals surface area contributed by atoms with Crippen molar-refractivity contribution in [1.29, 1.82) is 0 Å². The molecular formula is C24H30N6O4S. The van der Waals surface area contributed by atoms with E-state index in [0.29, 0.717) is 17.5 Å². The highest BCUT2D eigenvalue weighted by molar-refractivity contribution is 7.90. The lowest BCUT2D eigenvalue weighted by Crippen LogP contribution is -2.34. The number of benzene rings is 1. The molecule has 0 bridgehead atoms. The van der Waals surface area contributed by atoms with Gasteiger partial charge in [-0.2, -0.15) is 9.97 Å². The number of rotatable bonds is 7. The van der Waals surface area contributed by atoms with Gasteiger partial charge in [-0.05, 0) is 44.4 Å². The van der Waals surface area contributed by atoms with Crippen molar-refractivity contribution in [2.75, 3.05) is 24.2 Å². The largest absolute Gasteiger partial charge is 0.356 e. The fraction of sp³-hybridized carbons (Fsp3) is 0.458. The molecule has 4 rings (SSSR count). The molecule has 0 amide bonds. The van der Waals surface area contributed by atoms with E-state index in [-0.39, 0.29) is 16.7 Å². The van der Waals surface area contributed by atoms with Crippen LogP contribution in [0.4, 0.5) is 5.82 Å². The van der Waals surface area contributed by atoms with E-state index in [1.54, 1.807) is 31.2 Å². The summed E-state index contributed by atoms with van der Waals surface area (Å²) in [4.78, 5) is 21.4. The number of piperidine rings is 1. The first-order valence-corrected chi connectivity index (χ1v) is 13.4. The second kappa shape index (κ2) is 10.1. The van der Waals surface area contributed by atoms with E-state index in [9.17, 15) is 8.42 Å². The van der Waals surface area contributed by atoms with Gasteiger partial charge in [0.1, 0.15) is 12.1 Å². The van der Waals surface area contributed by atoms with Gasteiger partial charge in [-0.15, -0.1) is 0 Å². The fourth-order valence-corrected chi connectivity index (χ4v) is 4.56. The molecule has 2 aromatic heterocycles. The van der Waals surface area contributed by atoms with Gasteiger partial charge in [0.05, 0.1) is 16.2 Å². The van der Waals surface area contributed by atoms with Crippen molar-refractivity contribution in [3.63, 3.8) is 0 Å². The van der Waals surface area contributed by atoms with Crippen molar-refractivity contribution in [1.82, 2.24) is 20.1 Å². The van der Waals surface area contributed by atoms with E-state index in [4.69, 9.17) is 9.36 Å². The third-order valence-electron chi connectivity index (χ3n) is 6.10. The molecule has 186 valence electrons. The molecule has 1 aromatic carbocycles. The average Bonchev–Trinajstić information content (AvgIpc) is 3.34. The predicted molar refractivity (Wildman–Crippen MR) is 132 cm³/mol. The van der Waals surface area contributed by atoms with Crippen LogP contribution in [0.3, 0.4) is 0 Å². The Kier molecular flexibility index (Phi) is 7.15. The maximum absolute atomic E-state index is 11.7. The monoisotopic (exact) mass is 498 g/mol. The van der Waals surface area contributed by atoms with Gasteiger partial charge in [-0.3, -0.25) is 0 Å². The van der Waals surface area contributed by atoms with Gasteiger partial charge in [0, 0.05) is 31.2 Å². The molecule has 0 spiro atoms. The molecule has 35 heavy (non-hydrogen) atoms. The highest BCUT2D eigenvalue weighted by Gasteiger charge is 2.27. The molecular weight excluding hydrogens is 468 g/mol. The van der Waals surface area contributed by atoms with Crippen molar-refractivity contribution >= 4 is 21.4 Å². The third kappa shape index (κ3) is 5.67. The van der Waals surface area contributed by atoms with Gasteiger partial charge < -0.3 is 14.3 Å². The first kappa shape index (κ1) is 24.8. The SMILES string of the molecule is CC(=NOc1ncnc(N2CCC(c3nc(C(C)C)no3)CC2)c1C)c1ccc(S(C)(=O)=O)cc1. The highest BCUT2D eigenvalue weighted by Crippen LogP contribution is 2.32. The van der Waals surface area contributed by atoms with Crippen LogP contribution in [-0.2, 0) is 9.84 Å². The number of hydrogen-bond donors (Lipinski definition) is 0. The molecule has 1 aliphatic rings. The first-order chi connectivity index (χ1) is 16.6. The van der Waals surface area contributed by atoms with Crippen molar-refractivity contribution in [2.45, 2.75) is 57.3 Å². The summed E-state index contributed by atoms with van der Waals surface area (Å²) >= 11 is 0. The number of aromatic nitrogens is 4. The van der Waals surface area contributed by atoms with Gasteiger partial charge in [0.15, 0.2) is 15.7 Å². The van der Waals surface area contributed by atoms with Crippen LogP contribution in [0.1, 0.15) is 68.3 Å². The zero-order valence-electron chi connectivity index (χ0n) is 20.6. The Bertz CT molecular complexity index is 1310. The normalized spacial score (nSPS) is 15.6. The van der Waals surface area contributed by atoms with Gasteiger partial charge in [-0.25, -0.2) is 13.4 Å². The quantitative estimate of drug-likeness (QED) is 0.352. The van der Waals surface area contributed by atoms with E-state index in [0.717, 1.165) is 48.7 Å². The Hall–Kier alpha value is -3.34. The van der Waals surface area contributed by atoms with Crippen LogP contribution in [0.25, 0.3) is 0 Å². The van der Waals surface area contributed by atoms with E-state index in [1.165, 1.54) is 12.6 Å². The topological polar surface area (TPSA) is 124 Å². The van der Waals surface area contributed by atoms with E-state index < -0.39 is 9.84 Å². The minimum Gasteiger partial charge on any atom is -0.356 e. The Morgan fingerprint density at radius 1 is 1.17 bits per heavy atom. The molecule has 1 saturated heterocycles. The summed E-state index contributed by atoms with van der Waals surface area (Å²) in [5.74, 6) is 3.14. The molecule has 10 nitrogen and oxygen atoms in total. The Balaban J connectivity index is 1.42. The zero-order valence-corrected chi connectivity index (χ0v) is 21.4. The molecule has 0 atom stereocenters. The minimum absolute atomic E-state index is 0.241. The van der Waals surface area contributed by atoms with E-state index in [1.807, 2.05) is 6.92 Å². The highest BCUT2D eigenvalue weighted by atomic mass is 32.2. The Morgan fingerprint density at radius 3 is 2.46 bits per heavy atom. The fourth-order valence-electron chi connectivity index (χ4n) is 3.93. The van der Waals surface area contributed by atoms with Crippen LogP contribution in [0.15, 0.2) is 45.2 Å². The average molecular weight is 499 g/mol. The van der Waals surface area contributed by atoms with Crippen LogP contribution >= 0.6 is 0 Å². The molecule has 3 aromatic rings. The first-order valence-electron chi connectivity index (χ1n) is 11.6. The maximum Gasteiger partial charge on any atom is 0.256 e. The lowest BCUT2D eigenvalue weighted by molar-refractivity contribution is 0.321. The van der Waals surface area contributed by atoms with Gasteiger partial charge in [0.2, 0.25) is 5.89 Å². The van der Waals surface area contributed by atoms with E-state index in [2.05, 4.69) is 44.0 Å². The number of anilines is 1. The minimum atomic E-state index is -3.25. The van der Waals surface area contributed by atoms with Crippen LogP contribution in [0.5, 0.6) is 5.88 Å². The summed E-state index contributed by atoms with van der Waals surface area (Å²) in [6, 6.07) is 6.52. The summed E-state index contributed by atoms with van der Waals surface area (Å²) in [6.45, 7) is 9.41. The molecule has 0 N–H and O–H groups in total. The predicted octanol–water partition coefficient (Wildman–Crippen LogP) is 3.88. The molecule has 3 heterocycles. The molecule has 11 heteroatoms.